The van der Waals surface area contributed by atoms with Crippen LogP contribution in [0.5, 0.6) is 0 Å². The van der Waals surface area contributed by atoms with Crippen molar-refractivity contribution in [1.82, 2.24) is 4.90 Å². The summed E-state index contributed by atoms with van der Waals surface area (Å²) < 4.78 is 0. The summed E-state index contributed by atoms with van der Waals surface area (Å²) in [5.74, 6) is 1.03. The Kier molecular flexibility index (Phi) is 3.08. The van der Waals surface area contributed by atoms with E-state index in [9.17, 15) is 0 Å². The molecule has 1 atom stereocenters. The lowest BCUT2D eigenvalue weighted by Crippen LogP contribution is -2.26. The third-order valence-electron chi connectivity index (χ3n) is 3.21. The Morgan fingerprint density at radius 2 is 1.92 bits per heavy atom. The molecule has 2 heteroatoms. The molecule has 0 bridgehead atoms. The molecule has 12 heavy (non-hydrogen) atoms. The second kappa shape index (κ2) is 4.10. The first kappa shape index (κ1) is 9.01. The number of hydrogen-bond acceptors (Lipinski definition) is 1. The van der Waals surface area contributed by atoms with Gasteiger partial charge in [0.1, 0.15) is 0 Å². The molecule has 1 aliphatic carbocycles. The van der Waals surface area contributed by atoms with E-state index in [4.69, 9.17) is 0 Å². The molecule has 0 N–H and O–H groups in total. The summed E-state index contributed by atoms with van der Waals surface area (Å²) in [6, 6.07) is 0. The van der Waals surface area contributed by atoms with Gasteiger partial charge in [0.2, 0.25) is 0 Å². The molecular formula is C10H18BrN. The van der Waals surface area contributed by atoms with Crippen LogP contribution in [-0.4, -0.2) is 29.4 Å². The van der Waals surface area contributed by atoms with Gasteiger partial charge in [-0.3, -0.25) is 0 Å². The topological polar surface area (TPSA) is 3.24 Å². The van der Waals surface area contributed by atoms with Crippen LogP contribution in [0.2, 0.25) is 0 Å². The number of alkyl halides is 1. The Bertz CT molecular complexity index is 143. The second-order valence-corrected chi connectivity index (χ2v) is 5.59. The normalized spacial score (nSPS) is 33.2. The van der Waals surface area contributed by atoms with Crippen LogP contribution >= 0.6 is 15.9 Å². The highest BCUT2D eigenvalue weighted by Gasteiger charge is 2.24. The van der Waals surface area contributed by atoms with Crippen LogP contribution in [0.1, 0.15) is 32.1 Å². The summed E-state index contributed by atoms with van der Waals surface area (Å²) in [7, 11) is 0. The Morgan fingerprint density at radius 3 is 2.50 bits per heavy atom. The van der Waals surface area contributed by atoms with Gasteiger partial charge in [-0.1, -0.05) is 28.8 Å². The lowest BCUT2D eigenvalue weighted by atomic mass is 10.1. The SMILES string of the molecule is BrC1CCN(CC2CCCC2)C1. The molecule has 1 nitrogen and oxygen atoms in total. The molecule has 2 aliphatic rings. The standard InChI is InChI=1S/C10H18BrN/c11-10-5-6-12(8-10)7-9-3-1-2-4-9/h9-10H,1-8H2. The van der Waals surface area contributed by atoms with E-state index in [1.807, 2.05) is 0 Å². The number of halogens is 1. The maximum Gasteiger partial charge on any atom is 0.0285 e. The third-order valence-corrected chi connectivity index (χ3v) is 3.95. The minimum absolute atomic E-state index is 0.777. The van der Waals surface area contributed by atoms with E-state index >= 15 is 0 Å². The monoisotopic (exact) mass is 231 g/mol. The quantitative estimate of drug-likeness (QED) is 0.661. The molecule has 0 aromatic rings. The molecule has 1 saturated carbocycles. The van der Waals surface area contributed by atoms with Crippen LogP contribution in [0.3, 0.4) is 0 Å². The zero-order valence-electron chi connectivity index (χ0n) is 7.64. The van der Waals surface area contributed by atoms with E-state index in [-0.39, 0.29) is 0 Å². The second-order valence-electron chi connectivity index (χ2n) is 4.30. The summed E-state index contributed by atoms with van der Waals surface area (Å²) in [5.41, 5.74) is 0. The van der Waals surface area contributed by atoms with Gasteiger partial charge in [-0.15, -0.1) is 0 Å². The third kappa shape index (κ3) is 2.23. The van der Waals surface area contributed by atoms with Crippen LogP contribution in [-0.2, 0) is 0 Å². The summed E-state index contributed by atoms with van der Waals surface area (Å²) in [6.07, 6.45) is 7.30. The summed E-state index contributed by atoms with van der Waals surface area (Å²) in [6.45, 7) is 3.99. The van der Waals surface area contributed by atoms with Crippen molar-refractivity contribution in [2.45, 2.75) is 36.9 Å². The van der Waals surface area contributed by atoms with Gasteiger partial charge in [-0.25, -0.2) is 0 Å². The van der Waals surface area contributed by atoms with Crippen molar-refractivity contribution in [2.75, 3.05) is 19.6 Å². The van der Waals surface area contributed by atoms with E-state index in [2.05, 4.69) is 20.8 Å². The van der Waals surface area contributed by atoms with Crippen molar-refractivity contribution in [2.24, 2.45) is 5.92 Å². The fraction of sp³-hybridized carbons (Fsp3) is 1.00. The van der Waals surface area contributed by atoms with Crippen molar-refractivity contribution in [3.8, 4) is 0 Å². The Labute approximate surface area is 83.6 Å². The first-order valence-electron chi connectivity index (χ1n) is 5.21. The fourth-order valence-corrected chi connectivity index (χ4v) is 3.12. The lowest BCUT2D eigenvalue weighted by Gasteiger charge is -2.19. The molecule has 0 spiro atoms. The zero-order chi connectivity index (χ0) is 8.39. The zero-order valence-corrected chi connectivity index (χ0v) is 9.22. The van der Waals surface area contributed by atoms with Crippen LogP contribution in [0.4, 0.5) is 0 Å². The average molecular weight is 232 g/mol. The van der Waals surface area contributed by atoms with Crippen LogP contribution in [0, 0.1) is 5.92 Å². The largest absolute Gasteiger partial charge is 0.302 e. The van der Waals surface area contributed by atoms with E-state index in [0.717, 1.165) is 10.7 Å². The highest BCUT2D eigenvalue weighted by molar-refractivity contribution is 9.09. The van der Waals surface area contributed by atoms with Gasteiger partial charge < -0.3 is 4.90 Å². The molecule has 1 aliphatic heterocycles. The molecule has 1 saturated heterocycles. The number of nitrogens with zero attached hydrogens (tertiary/aromatic N) is 1. The van der Waals surface area contributed by atoms with Crippen molar-refractivity contribution < 1.29 is 0 Å². The minimum atomic E-state index is 0.777. The van der Waals surface area contributed by atoms with E-state index in [0.29, 0.717) is 0 Å². The van der Waals surface area contributed by atoms with Crippen LogP contribution in [0.25, 0.3) is 0 Å². The first-order valence-corrected chi connectivity index (χ1v) is 6.12. The van der Waals surface area contributed by atoms with E-state index < -0.39 is 0 Å². The van der Waals surface area contributed by atoms with Crippen molar-refractivity contribution >= 4 is 15.9 Å². The highest BCUT2D eigenvalue weighted by atomic mass is 79.9. The van der Waals surface area contributed by atoms with Gasteiger partial charge in [-0.05, 0) is 31.7 Å². The van der Waals surface area contributed by atoms with Crippen molar-refractivity contribution in [3.63, 3.8) is 0 Å². The van der Waals surface area contributed by atoms with E-state index in [1.54, 1.807) is 0 Å². The van der Waals surface area contributed by atoms with Crippen LogP contribution in [0.15, 0.2) is 0 Å². The molecule has 2 fully saturated rings. The summed E-state index contributed by atoms with van der Waals surface area (Å²) in [5, 5.41) is 0. The van der Waals surface area contributed by atoms with Gasteiger partial charge in [0.25, 0.3) is 0 Å². The number of likely N-dealkylation sites (tertiary alicyclic amines) is 1. The molecule has 0 amide bonds. The molecule has 1 heterocycles. The molecule has 2 rings (SSSR count). The lowest BCUT2D eigenvalue weighted by molar-refractivity contribution is 0.281. The minimum Gasteiger partial charge on any atom is -0.302 e. The highest BCUT2D eigenvalue weighted by Crippen LogP contribution is 2.27. The van der Waals surface area contributed by atoms with Crippen molar-refractivity contribution in [3.05, 3.63) is 0 Å². The molecule has 70 valence electrons. The molecule has 0 radical (unpaired) electrons. The Morgan fingerprint density at radius 1 is 1.17 bits per heavy atom. The first-order chi connectivity index (χ1) is 5.84. The van der Waals surface area contributed by atoms with Gasteiger partial charge in [-0.2, -0.15) is 0 Å². The van der Waals surface area contributed by atoms with Gasteiger partial charge >= 0.3 is 0 Å². The van der Waals surface area contributed by atoms with Gasteiger partial charge in [0.15, 0.2) is 0 Å². The molecule has 0 aromatic heterocycles. The molecule has 1 unspecified atom stereocenters. The summed E-state index contributed by atoms with van der Waals surface area (Å²) >= 11 is 3.69. The Balaban J connectivity index is 1.72. The van der Waals surface area contributed by atoms with Gasteiger partial charge in [0.05, 0.1) is 0 Å². The van der Waals surface area contributed by atoms with Crippen molar-refractivity contribution in [1.29, 1.82) is 0 Å². The number of hydrogen-bond donors (Lipinski definition) is 0. The Hall–Kier alpha value is 0.440. The maximum atomic E-state index is 3.69. The van der Waals surface area contributed by atoms with Crippen LogP contribution < -0.4 is 0 Å². The predicted molar refractivity (Wildman–Crippen MR) is 55.7 cm³/mol. The van der Waals surface area contributed by atoms with Gasteiger partial charge in [0, 0.05) is 17.9 Å². The van der Waals surface area contributed by atoms with E-state index in [1.165, 1.54) is 51.7 Å². The predicted octanol–water partition coefficient (Wildman–Crippen LogP) is 2.65. The molecular weight excluding hydrogens is 214 g/mol. The smallest absolute Gasteiger partial charge is 0.0285 e. The molecule has 0 aromatic carbocycles. The average Bonchev–Trinajstić information content (AvgIpc) is 2.63. The summed E-state index contributed by atoms with van der Waals surface area (Å²) in [4.78, 5) is 3.41. The number of rotatable bonds is 2. The fourth-order valence-electron chi connectivity index (χ4n) is 2.51. The maximum absolute atomic E-state index is 3.69.